The van der Waals surface area contributed by atoms with Crippen molar-refractivity contribution < 1.29 is 18.8 Å². The van der Waals surface area contributed by atoms with Gasteiger partial charge in [0.2, 0.25) is 0 Å². The highest BCUT2D eigenvalue weighted by Crippen LogP contribution is 2.61. The number of nitrogens with zero attached hydrogens (tertiary/aromatic N) is 1. The van der Waals surface area contributed by atoms with Crippen molar-refractivity contribution in [3.8, 4) is 0 Å². The first kappa shape index (κ1) is 24.9. The van der Waals surface area contributed by atoms with E-state index >= 15 is 0 Å². The van der Waals surface area contributed by atoms with Crippen LogP contribution in [0.15, 0.2) is 97.1 Å². The molecular formula is C33H20Cl2FNO3. The van der Waals surface area contributed by atoms with Crippen LogP contribution in [0.1, 0.15) is 48.1 Å². The number of benzene rings is 4. The summed E-state index contributed by atoms with van der Waals surface area (Å²) in [6.45, 7) is 0. The third kappa shape index (κ3) is 3.34. The monoisotopic (exact) mass is 567 g/mol. The van der Waals surface area contributed by atoms with Gasteiger partial charge in [-0.3, -0.25) is 14.4 Å². The van der Waals surface area contributed by atoms with Crippen LogP contribution in [-0.2, 0) is 0 Å². The van der Waals surface area contributed by atoms with E-state index in [1.807, 2.05) is 4.90 Å². The molecule has 0 N–H and O–H groups in total. The fraction of sp³-hybridized carbons (Fsp3) is 0.121. The third-order valence-corrected chi connectivity index (χ3v) is 8.90. The summed E-state index contributed by atoms with van der Waals surface area (Å²) in [6.07, 6.45) is 3.50. The second-order valence-electron chi connectivity index (χ2n) is 10.3. The van der Waals surface area contributed by atoms with Crippen LogP contribution < -0.4 is 4.90 Å². The predicted molar refractivity (Wildman–Crippen MR) is 153 cm³/mol. The van der Waals surface area contributed by atoms with Crippen LogP contribution in [-0.4, -0.2) is 29.4 Å². The maximum atomic E-state index is 14.6. The molecular weight excluding hydrogens is 548 g/mol. The molecule has 3 atom stereocenters. The lowest BCUT2D eigenvalue weighted by Gasteiger charge is -2.37. The Morgan fingerprint density at radius 3 is 2.02 bits per heavy atom. The molecule has 1 spiro atoms. The van der Waals surface area contributed by atoms with Gasteiger partial charge in [0.25, 0.3) is 0 Å². The molecule has 2 heterocycles. The molecule has 7 rings (SSSR count). The van der Waals surface area contributed by atoms with Gasteiger partial charge in [0, 0.05) is 43.9 Å². The third-order valence-electron chi connectivity index (χ3n) is 8.39. The van der Waals surface area contributed by atoms with Gasteiger partial charge < -0.3 is 4.90 Å². The topological polar surface area (TPSA) is 54.5 Å². The molecule has 196 valence electrons. The lowest BCUT2D eigenvalue weighted by atomic mass is 9.64. The fourth-order valence-electron chi connectivity index (χ4n) is 6.78. The van der Waals surface area contributed by atoms with Gasteiger partial charge >= 0.3 is 0 Å². The van der Waals surface area contributed by atoms with Crippen LogP contribution in [0.2, 0.25) is 10.0 Å². The van der Waals surface area contributed by atoms with Crippen molar-refractivity contribution in [2.24, 2.45) is 5.41 Å². The molecule has 4 aromatic carbocycles. The minimum atomic E-state index is -1.63. The van der Waals surface area contributed by atoms with E-state index in [0.29, 0.717) is 43.5 Å². The molecule has 1 fully saturated rings. The van der Waals surface area contributed by atoms with Crippen LogP contribution in [0.3, 0.4) is 0 Å². The lowest BCUT2D eigenvalue weighted by molar-refractivity contribution is 0.0666. The molecule has 1 aliphatic carbocycles. The first-order chi connectivity index (χ1) is 19.3. The number of anilines is 1. The Hall–Kier alpha value is -4.06. The first-order valence-corrected chi connectivity index (χ1v) is 13.6. The van der Waals surface area contributed by atoms with E-state index < -0.39 is 29.2 Å². The summed E-state index contributed by atoms with van der Waals surface area (Å²) in [4.78, 5) is 45.5. The number of Topliss-reactive ketones (excluding diaryl/α,β-unsaturated/α-hetero) is 3. The summed E-state index contributed by atoms with van der Waals surface area (Å²) >= 11 is 12.4. The smallest absolute Gasteiger partial charge is 0.185 e. The molecule has 4 nitrogen and oxygen atoms in total. The van der Waals surface area contributed by atoms with Crippen molar-refractivity contribution in [2.75, 3.05) is 4.90 Å². The Kier molecular flexibility index (Phi) is 5.60. The van der Waals surface area contributed by atoms with Crippen molar-refractivity contribution in [1.29, 1.82) is 0 Å². The van der Waals surface area contributed by atoms with Crippen molar-refractivity contribution in [3.63, 3.8) is 0 Å². The zero-order chi connectivity index (χ0) is 27.8. The molecule has 7 heteroatoms. The second-order valence-corrected chi connectivity index (χ2v) is 11.2. The molecule has 0 saturated carbocycles. The molecule has 40 heavy (non-hydrogen) atoms. The van der Waals surface area contributed by atoms with Gasteiger partial charge in [0.05, 0.1) is 6.04 Å². The summed E-state index contributed by atoms with van der Waals surface area (Å²) in [7, 11) is 0. The van der Waals surface area contributed by atoms with Gasteiger partial charge in [0.15, 0.2) is 17.3 Å². The summed E-state index contributed by atoms with van der Waals surface area (Å²) in [6, 6.07) is 22.9. The summed E-state index contributed by atoms with van der Waals surface area (Å²) in [5.74, 6) is -2.23. The Balaban J connectivity index is 1.54. The zero-order valence-corrected chi connectivity index (χ0v) is 22.4. The predicted octanol–water partition coefficient (Wildman–Crippen LogP) is 7.45. The molecule has 0 radical (unpaired) electrons. The number of ketones is 3. The number of hydrogen-bond acceptors (Lipinski definition) is 4. The lowest BCUT2D eigenvalue weighted by Crippen LogP contribution is -2.48. The Bertz CT molecular complexity index is 1730. The van der Waals surface area contributed by atoms with Gasteiger partial charge in [-0.25, -0.2) is 4.39 Å². The average Bonchev–Trinajstić information content (AvgIpc) is 3.39. The summed E-state index contributed by atoms with van der Waals surface area (Å²) in [5, 5.41) is 0.965. The second kappa shape index (κ2) is 8.98. The van der Waals surface area contributed by atoms with E-state index in [1.54, 1.807) is 91.0 Å². The van der Waals surface area contributed by atoms with Gasteiger partial charge in [-0.1, -0.05) is 71.8 Å². The molecule has 0 unspecified atom stereocenters. The van der Waals surface area contributed by atoms with E-state index in [4.69, 9.17) is 23.2 Å². The van der Waals surface area contributed by atoms with E-state index in [1.165, 1.54) is 12.1 Å². The van der Waals surface area contributed by atoms with E-state index in [0.717, 1.165) is 0 Å². The van der Waals surface area contributed by atoms with Crippen LogP contribution in [0.25, 0.3) is 6.08 Å². The summed E-state index contributed by atoms with van der Waals surface area (Å²) in [5.41, 5.74) is 1.21. The van der Waals surface area contributed by atoms with Gasteiger partial charge in [-0.15, -0.1) is 0 Å². The SMILES string of the molecule is O=C(c1ccc(Cl)cc1)[C@@H]1[C@@H](c2ccc(Cl)cc2)C2(C(=O)c3ccccc3C2=O)[C@@H]2C=Cc3cc(F)ccc3N12. The maximum Gasteiger partial charge on any atom is 0.185 e. The van der Waals surface area contributed by atoms with E-state index in [2.05, 4.69) is 0 Å². The largest absolute Gasteiger partial charge is 0.352 e. The molecule has 4 aromatic rings. The maximum absolute atomic E-state index is 14.6. The average molecular weight is 568 g/mol. The quantitative estimate of drug-likeness (QED) is 0.190. The zero-order valence-electron chi connectivity index (χ0n) is 20.9. The number of hydrogen-bond donors (Lipinski definition) is 0. The van der Waals surface area contributed by atoms with Crippen molar-refractivity contribution in [3.05, 3.63) is 141 Å². The molecule has 0 amide bonds. The van der Waals surface area contributed by atoms with Crippen LogP contribution in [0.4, 0.5) is 10.1 Å². The van der Waals surface area contributed by atoms with Gasteiger partial charge in [0.1, 0.15) is 17.3 Å². The minimum Gasteiger partial charge on any atom is -0.352 e. The van der Waals surface area contributed by atoms with Crippen LogP contribution in [0, 0.1) is 11.2 Å². The number of fused-ring (bicyclic) bond motifs is 5. The van der Waals surface area contributed by atoms with E-state index in [9.17, 15) is 18.8 Å². The first-order valence-electron chi connectivity index (χ1n) is 12.8. The molecule has 2 aliphatic heterocycles. The highest BCUT2D eigenvalue weighted by Gasteiger charge is 2.71. The fourth-order valence-corrected chi connectivity index (χ4v) is 7.03. The number of carbonyl (C=O) groups excluding carboxylic acids is 3. The molecule has 0 aromatic heterocycles. The number of carbonyl (C=O) groups is 3. The Morgan fingerprint density at radius 2 is 1.40 bits per heavy atom. The number of halogens is 3. The van der Waals surface area contributed by atoms with Gasteiger partial charge in [-0.05, 0) is 60.2 Å². The van der Waals surface area contributed by atoms with Crippen LogP contribution >= 0.6 is 23.2 Å². The Labute approximate surface area is 239 Å². The minimum absolute atomic E-state index is 0.277. The van der Waals surface area contributed by atoms with Crippen molar-refractivity contribution >= 4 is 52.3 Å². The van der Waals surface area contributed by atoms with Crippen LogP contribution in [0.5, 0.6) is 0 Å². The highest BCUT2D eigenvalue weighted by molar-refractivity contribution is 6.33. The Morgan fingerprint density at radius 1 is 0.800 bits per heavy atom. The number of rotatable bonds is 3. The normalized spacial score (nSPS) is 21.9. The molecule has 1 saturated heterocycles. The van der Waals surface area contributed by atoms with Crippen molar-refractivity contribution in [1.82, 2.24) is 0 Å². The molecule has 0 bridgehead atoms. The highest BCUT2D eigenvalue weighted by atomic mass is 35.5. The standard InChI is InChI=1S/C33H20Cl2FNO3/c34-21-10-5-18(6-11-21)28-29(30(38)19-7-12-22(35)13-8-19)37-26-15-14-23(36)17-20(26)9-16-27(37)33(28)31(39)24-3-1-2-4-25(24)32(33)40/h1-17,27-29H/t27-,28+,29-/m0/s1. The molecule has 3 aliphatic rings. The van der Waals surface area contributed by atoms with E-state index in [-0.39, 0.29) is 17.3 Å². The summed E-state index contributed by atoms with van der Waals surface area (Å²) < 4.78 is 14.3. The van der Waals surface area contributed by atoms with Crippen molar-refractivity contribution in [2.45, 2.75) is 18.0 Å². The van der Waals surface area contributed by atoms with Gasteiger partial charge in [-0.2, -0.15) is 0 Å².